The molecular weight excluding hydrogens is 336 g/mol. The second kappa shape index (κ2) is 8.14. The van der Waals surface area contributed by atoms with Gasteiger partial charge >= 0.3 is 0 Å². The molecule has 3 heteroatoms. The number of Topliss-reactive ketones (excluding diaryl/α,β-unsaturated/α-hetero) is 1. The predicted octanol–water partition coefficient (Wildman–Crippen LogP) is 6.68. The number of hydrogen-bond donors (Lipinski definition) is 0. The van der Waals surface area contributed by atoms with Gasteiger partial charge in [-0.25, -0.2) is 0 Å². The molecule has 0 saturated heterocycles. The zero-order valence-corrected chi connectivity index (χ0v) is 19.2. The van der Waals surface area contributed by atoms with E-state index in [-0.39, 0.29) is 16.9 Å². The molecular formula is C23H40O2Si. The predicted molar refractivity (Wildman–Crippen MR) is 114 cm³/mol. The van der Waals surface area contributed by atoms with Crippen molar-refractivity contribution in [2.45, 2.75) is 97.9 Å². The van der Waals surface area contributed by atoms with Gasteiger partial charge in [0.15, 0.2) is 8.32 Å². The lowest BCUT2D eigenvalue weighted by Crippen LogP contribution is -2.40. The lowest BCUT2D eigenvalue weighted by molar-refractivity contribution is -0.128. The van der Waals surface area contributed by atoms with Gasteiger partial charge < -0.3 is 4.43 Å². The van der Waals surface area contributed by atoms with Gasteiger partial charge in [-0.15, -0.1) is 0 Å². The fraction of sp³-hybridized carbons (Fsp3) is 0.783. The van der Waals surface area contributed by atoms with E-state index in [2.05, 4.69) is 65.6 Å². The summed E-state index contributed by atoms with van der Waals surface area (Å²) in [5.41, 5.74) is 1.54. The number of carbonyl (C=O) groups excluding carboxylic acids is 1. The molecule has 0 aliphatic heterocycles. The van der Waals surface area contributed by atoms with Crippen LogP contribution in [0, 0.1) is 17.3 Å². The minimum Gasteiger partial charge on any atom is -0.409 e. The molecule has 26 heavy (non-hydrogen) atoms. The summed E-state index contributed by atoms with van der Waals surface area (Å²) in [6.07, 6.45) is 14.1. The first-order valence-electron chi connectivity index (χ1n) is 10.7. The van der Waals surface area contributed by atoms with Crippen LogP contribution in [0.1, 0.15) is 72.6 Å². The van der Waals surface area contributed by atoms with Crippen molar-refractivity contribution in [2.75, 3.05) is 0 Å². The maximum atomic E-state index is 12.3. The van der Waals surface area contributed by atoms with E-state index >= 15 is 0 Å². The van der Waals surface area contributed by atoms with Gasteiger partial charge in [-0.1, -0.05) is 51.5 Å². The highest BCUT2D eigenvalue weighted by molar-refractivity contribution is 6.69. The first-order valence-corrected chi connectivity index (χ1v) is 14.1. The number of rotatable bonds is 8. The molecule has 0 amide bonds. The molecule has 0 bridgehead atoms. The van der Waals surface area contributed by atoms with Crippen LogP contribution in [-0.2, 0) is 9.22 Å². The molecule has 2 nitrogen and oxygen atoms in total. The minimum absolute atomic E-state index is 0.110. The van der Waals surface area contributed by atoms with Gasteiger partial charge in [-0.05, 0) is 69.5 Å². The van der Waals surface area contributed by atoms with E-state index in [0.29, 0.717) is 11.7 Å². The molecule has 0 spiro atoms. The highest BCUT2D eigenvalue weighted by Gasteiger charge is 2.47. The van der Waals surface area contributed by atoms with E-state index < -0.39 is 8.32 Å². The van der Waals surface area contributed by atoms with Gasteiger partial charge in [0.25, 0.3) is 0 Å². The molecule has 0 aromatic carbocycles. The fourth-order valence-corrected chi connectivity index (χ4v) is 6.78. The molecule has 0 heterocycles. The van der Waals surface area contributed by atoms with E-state index in [1.807, 2.05) is 0 Å². The zero-order valence-electron chi connectivity index (χ0n) is 18.2. The molecule has 2 rings (SSSR count). The Morgan fingerprint density at radius 1 is 1.35 bits per heavy atom. The summed E-state index contributed by atoms with van der Waals surface area (Å²) in [6.45, 7) is 16.0. The number of allylic oxidation sites excluding steroid dienone is 3. The van der Waals surface area contributed by atoms with E-state index in [4.69, 9.17) is 4.43 Å². The first kappa shape index (κ1) is 21.6. The van der Waals surface area contributed by atoms with Crippen molar-refractivity contribution in [3.8, 4) is 0 Å². The van der Waals surface area contributed by atoms with Crippen LogP contribution in [0.5, 0.6) is 0 Å². The Morgan fingerprint density at radius 2 is 2.00 bits per heavy atom. The second-order valence-electron chi connectivity index (χ2n) is 9.71. The molecule has 0 aromatic rings. The van der Waals surface area contributed by atoms with Crippen LogP contribution in [-0.4, -0.2) is 19.7 Å². The van der Waals surface area contributed by atoms with Crippen molar-refractivity contribution in [3.63, 3.8) is 0 Å². The average molecular weight is 377 g/mol. The van der Waals surface area contributed by atoms with Crippen LogP contribution in [0.4, 0.5) is 0 Å². The summed E-state index contributed by atoms with van der Waals surface area (Å²) in [5.74, 6) is 1.25. The summed E-state index contributed by atoms with van der Waals surface area (Å²) < 4.78 is 6.54. The Labute approximate surface area is 162 Å². The smallest absolute Gasteiger partial charge is 0.184 e. The average Bonchev–Trinajstić information content (AvgIpc) is 2.91. The lowest BCUT2D eigenvalue weighted by Gasteiger charge is -2.40. The normalized spacial score (nSPS) is 28.3. The molecule has 0 aromatic heterocycles. The van der Waals surface area contributed by atoms with E-state index in [9.17, 15) is 4.79 Å². The number of carbonyl (C=O) groups is 1. The van der Waals surface area contributed by atoms with Crippen molar-refractivity contribution >= 4 is 14.1 Å². The lowest BCUT2D eigenvalue weighted by atomic mass is 9.63. The van der Waals surface area contributed by atoms with Gasteiger partial charge in [0.1, 0.15) is 5.78 Å². The van der Waals surface area contributed by atoms with Gasteiger partial charge in [0, 0.05) is 12.3 Å². The molecule has 2 unspecified atom stereocenters. The molecule has 2 aliphatic carbocycles. The third-order valence-corrected chi connectivity index (χ3v) is 7.68. The van der Waals surface area contributed by atoms with Gasteiger partial charge in [0.2, 0.25) is 0 Å². The number of ketones is 1. The molecule has 3 atom stereocenters. The monoisotopic (exact) mass is 376 g/mol. The Kier molecular flexibility index (Phi) is 6.77. The van der Waals surface area contributed by atoms with Crippen LogP contribution in [0.2, 0.25) is 19.6 Å². The van der Waals surface area contributed by atoms with Crippen LogP contribution < -0.4 is 0 Å². The van der Waals surface area contributed by atoms with E-state index in [1.54, 1.807) is 0 Å². The van der Waals surface area contributed by atoms with Crippen molar-refractivity contribution in [3.05, 3.63) is 23.8 Å². The van der Waals surface area contributed by atoms with Crippen molar-refractivity contribution in [1.82, 2.24) is 0 Å². The molecule has 0 N–H and O–H groups in total. The number of hydrogen-bond acceptors (Lipinski definition) is 2. The highest BCUT2D eigenvalue weighted by Crippen LogP contribution is 2.53. The third kappa shape index (κ3) is 4.59. The Bertz CT molecular complexity index is 565. The standard InChI is InChI=1S/C23H40O2Si/c1-8-23(9-2,25-26(5,6)7)17-10-12-18(3)19-14-15-20-21(24)13-11-16-22(19,20)4/h10,14,17-18,20H,8-9,11-13,15-16H2,1-7H3/b17-10+/t18?,20?,22-/m1/s1. The highest BCUT2D eigenvalue weighted by atomic mass is 28.4. The topological polar surface area (TPSA) is 26.3 Å². The first-order chi connectivity index (χ1) is 12.1. The minimum atomic E-state index is -1.58. The maximum absolute atomic E-state index is 12.3. The summed E-state index contributed by atoms with van der Waals surface area (Å²) in [5, 5.41) is 0. The summed E-state index contributed by atoms with van der Waals surface area (Å²) >= 11 is 0. The van der Waals surface area contributed by atoms with Crippen molar-refractivity contribution in [1.29, 1.82) is 0 Å². The van der Waals surface area contributed by atoms with Crippen molar-refractivity contribution < 1.29 is 9.22 Å². The quantitative estimate of drug-likeness (QED) is 0.348. The fourth-order valence-electron chi connectivity index (χ4n) is 5.20. The Morgan fingerprint density at radius 3 is 2.58 bits per heavy atom. The summed E-state index contributed by atoms with van der Waals surface area (Å²) in [7, 11) is -1.58. The van der Waals surface area contributed by atoms with Crippen LogP contribution in [0.15, 0.2) is 23.8 Å². The van der Waals surface area contributed by atoms with Crippen LogP contribution in [0.3, 0.4) is 0 Å². The molecule has 2 aliphatic rings. The summed E-state index contributed by atoms with van der Waals surface area (Å²) in [6, 6.07) is 0. The van der Waals surface area contributed by atoms with E-state index in [0.717, 1.165) is 38.5 Å². The Balaban J connectivity index is 2.06. The zero-order chi connectivity index (χ0) is 19.6. The van der Waals surface area contributed by atoms with Crippen LogP contribution >= 0.6 is 0 Å². The molecule has 1 fully saturated rings. The molecule has 1 saturated carbocycles. The SMILES string of the molecule is CCC(/C=C/CC(C)C1=CCC2C(=O)CCC[C@]12C)(CC)O[Si](C)(C)C. The maximum Gasteiger partial charge on any atom is 0.184 e. The van der Waals surface area contributed by atoms with Gasteiger partial charge in [-0.3, -0.25) is 4.79 Å². The largest absolute Gasteiger partial charge is 0.409 e. The molecule has 0 radical (unpaired) electrons. The van der Waals surface area contributed by atoms with Crippen LogP contribution in [0.25, 0.3) is 0 Å². The van der Waals surface area contributed by atoms with Gasteiger partial charge in [-0.2, -0.15) is 0 Å². The van der Waals surface area contributed by atoms with Crippen molar-refractivity contribution in [2.24, 2.45) is 17.3 Å². The third-order valence-electron chi connectivity index (χ3n) is 6.66. The number of fused-ring (bicyclic) bond motifs is 1. The molecule has 148 valence electrons. The van der Waals surface area contributed by atoms with E-state index in [1.165, 1.54) is 12.0 Å². The second-order valence-corrected chi connectivity index (χ2v) is 14.1. The Hall–Kier alpha value is -0.673. The van der Waals surface area contributed by atoms with Gasteiger partial charge in [0.05, 0.1) is 5.60 Å². The summed E-state index contributed by atoms with van der Waals surface area (Å²) in [4.78, 5) is 12.3.